The monoisotopic (exact) mass is 413 g/mol. The first kappa shape index (κ1) is 21.3. The molecule has 3 rings (SSSR count). The maximum Gasteiger partial charge on any atom is 0.414 e. The van der Waals surface area contributed by atoms with Crippen LogP contribution in [0.4, 0.5) is 4.79 Å². The lowest BCUT2D eigenvalue weighted by atomic mass is 9.85. The van der Waals surface area contributed by atoms with E-state index >= 15 is 0 Å². The second-order valence-electron chi connectivity index (χ2n) is 7.12. The molecular weight excluding hydrogens is 388 g/mol. The number of carbonyl (C=O) groups excluding carboxylic acids is 2. The third-order valence-electron chi connectivity index (χ3n) is 5.22. The van der Waals surface area contributed by atoms with Crippen molar-refractivity contribution in [3.63, 3.8) is 0 Å². The highest BCUT2D eigenvalue weighted by Crippen LogP contribution is 2.32. The van der Waals surface area contributed by atoms with Crippen molar-refractivity contribution >= 4 is 18.0 Å². The van der Waals surface area contributed by atoms with Crippen LogP contribution in [0.15, 0.2) is 54.9 Å². The van der Waals surface area contributed by atoms with E-state index < -0.39 is 23.9 Å². The molecule has 0 aliphatic carbocycles. The summed E-state index contributed by atoms with van der Waals surface area (Å²) in [4.78, 5) is 38.2. The van der Waals surface area contributed by atoms with Gasteiger partial charge in [0.05, 0.1) is 13.2 Å². The van der Waals surface area contributed by atoms with Gasteiger partial charge in [-0.1, -0.05) is 30.3 Å². The molecule has 1 aromatic carbocycles. The number of likely N-dealkylation sites (tertiary alicyclic amines) is 1. The van der Waals surface area contributed by atoms with E-state index in [9.17, 15) is 14.4 Å². The van der Waals surface area contributed by atoms with Crippen molar-refractivity contribution in [3.8, 4) is 0 Å². The molecule has 0 radical (unpaired) electrons. The predicted octanol–water partition coefficient (Wildman–Crippen LogP) is 2.58. The predicted molar refractivity (Wildman–Crippen MR) is 106 cm³/mol. The lowest BCUT2D eigenvalue weighted by molar-refractivity contribution is -0.727. The van der Waals surface area contributed by atoms with Gasteiger partial charge >= 0.3 is 18.0 Å². The summed E-state index contributed by atoms with van der Waals surface area (Å²) in [6, 6.07) is 11.9. The van der Waals surface area contributed by atoms with Crippen molar-refractivity contribution in [1.82, 2.24) is 4.90 Å². The van der Waals surface area contributed by atoms with Gasteiger partial charge in [-0.3, -0.25) is 4.79 Å². The number of benzene rings is 1. The number of piperidine rings is 1. The summed E-state index contributed by atoms with van der Waals surface area (Å²) in [6.07, 6.45) is 4.84. The number of aromatic carboxylic acids is 1. The van der Waals surface area contributed by atoms with Gasteiger partial charge < -0.3 is 19.5 Å². The molecule has 0 bridgehead atoms. The molecule has 2 atom stereocenters. The summed E-state index contributed by atoms with van der Waals surface area (Å²) in [5.41, 5.74) is 0.886. The van der Waals surface area contributed by atoms with Crippen LogP contribution in [0.2, 0.25) is 0 Å². The van der Waals surface area contributed by atoms with Gasteiger partial charge in [0.1, 0.15) is 11.5 Å². The van der Waals surface area contributed by atoms with E-state index in [1.807, 2.05) is 30.3 Å². The van der Waals surface area contributed by atoms with Crippen molar-refractivity contribution in [2.75, 3.05) is 13.7 Å². The number of hydrogen-bond acceptors (Lipinski definition) is 5. The molecule has 158 valence electrons. The normalized spacial score (nSPS) is 17.1. The molecular formula is C22H25N2O6+. The van der Waals surface area contributed by atoms with Gasteiger partial charge in [0.2, 0.25) is 0 Å². The van der Waals surface area contributed by atoms with E-state index in [1.54, 1.807) is 17.2 Å². The Balaban J connectivity index is 1.77. The number of rotatable bonds is 6. The largest absolute Gasteiger partial charge is 0.477 e. The molecule has 0 saturated carbocycles. The molecule has 1 saturated heterocycles. The van der Waals surface area contributed by atoms with Gasteiger partial charge in [0, 0.05) is 12.6 Å². The Morgan fingerprint density at radius 2 is 1.93 bits per heavy atom. The van der Waals surface area contributed by atoms with Gasteiger partial charge in [0.25, 0.3) is 6.73 Å². The summed E-state index contributed by atoms with van der Waals surface area (Å²) < 4.78 is 12.0. The lowest BCUT2D eigenvalue weighted by Crippen LogP contribution is -2.50. The fourth-order valence-electron chi connectivity index (χ4n) is 3.77. The smallest absolute Gasteiger partial charge is 0.414 e. The molecule has 1 aliphatic heterocycles. The maximum absolute atomic E-state index is 12.9. The van der Waals surface area contributed by atoms with Gasteiger partial charge in [-0.15, -0.1) is 0 Å². The molecule has 2 unspecified atom stereocenters. The van der Waals surface area contributed by atoms with Crippen LogP contribution >= 0.6 is 0 Å². The number of carbonyl (C=O) groups is 3. The Hall–Kier alpha value is -3.42. The highest BCUT2D eigenvalue weighted by Gasteiger charge is 2.39. The first-order valence-electron chi connectivity index (χ1n) is 9.80. The molecule has 1 N–H and O–H groups in total. The standard InChI is InChI=1S/C22H24N2O6/c1-29-21(27)19(16-8-3-2-4-9-16)18-11-5-6-13-24(18)22(28)30-15-23-12-7-10-17(14-23)20(25)26/h2-4,7-10,12,14,18-19H,5-6,11,13,15H2,1H3/p+1. The molecule has 8 heteroatoms. The van der Waals surface area contributed by atoms with Crippen LogP contribution in [-0.4, -0.2) is 47.7 Å². The number of esters is 1. The molecule has 2 heterocycles. The number of carboxylic acids is 1. The average Bonchev–Trinajstić information content (AvgIpc) is 2.78. The number of methoxy groups -OCH3 is 1. The van der Waals surface area contributed by atoms with Gasteiger partial charge in [-0.25, -0.2) is 9.59 Å². The van der Waals surface area contributed by atoms with Gasteiger partial charge in [-0.2, -0.15) is 4.57 Å². The van der Waals surface area contributed by atoms with Crippen molar-refractivity contribution in [2.24, 2.45) is 0 Å². The molecule has 1 amide bonds. The Kier molecular flexibility index (Phi) is 7.00. The van der Waals surface area contributed by atoms with Gasteiger partial charge in [-0.05, 0) is 30.9 Å². The summed E-state index contributed by atoms with van der Waals surface area (Å²) in [5.74, 6) is -2.06. The third kappa shape index (κ3) is 4.94. The van der Waals surface area contributed by atoms with Crippen LogP contribution in [0.1, 0.15) is 41.1 Å². The van der Waals surface area contributed by atoms with Crippen molar-refractivity contribution in [2.45, 2.75) is 38.0 Å². The van der Waals surface area contributed by atoms with Crippen molar-refractivity contribution in [3.05, 3.63) is 66.0 Å². The van der Waals surface area contributed by atoms with E-state index in [4.69, 9.17) is 14.6 Å². The van der Waals surface area contributed by atoms with E-state index in [2.05, 4.69) is 0 Å². The van der Waals surface area contributed by atoms with E-state index in [-0.39, 0.29) is 18.3 Å². The van der Waals surface area contributed by atoms with Crippen LogP contribution < -0.4 is 4.57 Å². The SMILES string of the molecule is COC(=O)C(c1ccccc1)C1CCCCN1C(=O)OC[n+]1cccc(C(=O)O)c1. The van der Waals surface area contributed by atoms with E-state index in [1.165, 1.54) is 23.9 Å². The lowest BCUT2D eigenvalue weighted by Gasteiger charge is -2.38. The van der Waals surface area contributed by atoms with Crippen LogP contribution in [0.3, 0.4) is 0 Å². The summed E-state index contributed by atoms with van der Waals surface area (Å²) in [5, 5.41) is 9.10. The molecule has 1 aromatic heterocycles. The minimum absolute atomic E-state index is 0.0965. The topological polar surface area (TPSA) is 97.0 Å². The highest BCUT2D eigenvalue weighted by atomic mass is 16.6. The Labute approximate surface area is 174 Å². The summed E-state index contributed by atoms with van der Waals surface area (Å²) in [6.45, 7) is 0.348. The highest BCUT2D eigenvalue weighted by molar-refractivity contribution is 5.86. The minimum Gasteiger partial charge on any atom is -0.477 e. The van der Waals surface area contributed by atoms with Crippen molar-refractivity contribution in [1.29, 1.82) is 0 Å². The molecule has 2 aromatic rings. The Morgan fingerprint density at radius 3 is 2.63 bits per heavy atom. The minimum atomic E-state index is -1.06. The molecule has 1 aliphatic rings. The first-order chi connectivity index (χ1) is 14.5. The number of aromatic nitrogens is 1. The third-order valence-corrected chi connectivity index (χ3v) is 5.22. The first-order valence-corrected chi connectivity index (χ1v) is 9.80. The number of amides is 1. The fraction of sp³-hybridized carbons (Fsp3) is 0.364. The van der Waals surface area contributed by atoms with Crippen LogP contribution in [0.25, 0.3) is 0 Å². The van der Waals surface area contributed by atoms with Crippen molar-refractivity contribution < 1.29 is 33.5 Å². The Bertz CT molecular complexity index is 902. The van der Waals surface area contributed by atoms with Crippen LogP contribution in [-0.2, 0) is 21.0 Å². The second kappa shape index (κ2) is 9.87. The number of hydrogen-bond donors (Lipinski definition) is 1. The van der Waals surface area contributed by atoms with Crippen LogP contribution in [0.5, 0.6) is 0 Å². The van der Waals surface area contributed by atoms with Crippen LogP contribution in [0, 0.1) is 0 Å². The molecule has 8 nitrogen and oxygen atoms in total. The number of carboxylic acid groups (broad SMARTS) is 1. The molecule has 0 spiro atoms. The number of ether oxygens (including phenoxy) is 2. The summed E-state index contributed by atoms with van der Waals surface area (Å²) in [7, 11) is 1.34. The maximum atomic E-state index is 12.9. The second-order valence-corrected chi connectivity index (χ2v) is 7.12. The summed E-state index contributed by atoms with van der Waals surface area (Å²) >= 11 is 0. The molecule has 1 fully saturated rings. The average molecular weight is 413 g/mol. The van der Waals surface area contributed by atoms with E-state index in [0.29, 0.717) is 13.0 Å². The number of pyridine rings is 1. The van der Waals surface area contributed by atoms with Gasteiger partial charge in [0.15, 0.2) is 12.4 Å². The zero-order chi connectivity index (χ0) is 21.5. The zero-order valence-electron chi connectivity index (χ0n) is 16.8. The van der Waals surface area contributed by atoms with E-state index in [0.717, 1.165) is 18.4 Å². The molecule has 30 heavy (non-hydrogen) atoms. The zero-order valence-corrected chi connectivity index (χ0v) is 16.8. The number of nitrogens with zero attached hydrogens (tertiary/aromatic N) is 2. The fourth-order valence-corrected chi connectivity index (χ4v) is 3.77. The quantitative estimate of drug-likeness (QED) is 0.578. The Morgan fingerprint density at radius 1 is 1.17 bits per heavy atom.